The Morgan fingerprint density at radius 1 is 1.14 bits per heavy atom. The summed E-state index contributed by atoms with van der Waals surface area (Å²) in [6.45, 7) is 5.87. The molecule has 0 saturated carbocycles. The lowest BCUT2D eigenvalue weighted by atomic mass is 9.79. The summed E-state index contributed by atoms with van der Waals surface area (Å²) in [5.41, 5.74) is 1.34. The van der Waals surface area contributed by atoms with Crippen molar-refractivity contribution in [2.24, 2.45) is 4.99 Å². The Balaban J connectivity index is 2.12. The molecule has 2 N–H and O–H groups in total. The monoisotopic (exact) mass is 443 g/mol. The van der Waals surface area contributed by atoms with Crippen LogP contribution in [0.15, 0.2) is 58.0 Å². The molecule has 0 spiro atoms. The van der Waals surface area contributed by atoms with Crippen molar-refractivity contribution in [3.63, 3.8) is 0 Å². The number of aliphatic hydroxyl groups excluding tert-OH is 1. The first-order valence-corrected chi connectivity index (χ1v) is 10.2. The number of allylic oxidation sites excluding steroid dienone is 1. The van der Waals surface area contributed by atoms with Crippen molar-refractivity contribution in [3.05, 3.63) is 69.7 Å². The number of aryl methyl sites for hydroxylation is 2. The molecule has 2 atom stereocenters. The molecule has 0 amide bonds. The summed E-state index contributed by atoms with van der Waals surface area (Å²) in [6.07, 6.45) is 7.10. The minimum Gasteiger partial charge on any atom is -0.508 e. The van der Waals surface area contributed by atoms with Crippen LogP contribution in [0.3, 0.4) is 0 Å². The number of benzene rings is 2. The number of aliphatic imine (C=N–C) groups is 1. The summed E-state index contributed by atoms with van der Waals surface area (Å²) in [5, 5.41) is 20.3. The van der Waals surface area contributed by atoms with E-state index in [0.29, 0.717) is 6.42 Å². The van der Waals surface area contributed by atoms with E-state index >= 15 is 0 Å². The first kappa shape index (κ1) is 20.6. The molecule has 2 aromatic carbocycles. The van der Waals surface area contributed by atoms with E-state index in [1.165, 1.54) is 0 Å². The smallest absolute Gasteiger partial charge is 0.159 e. The van der Waals surface area contributed by atoms with Crippen LogP contribution in [0.4, 0.5) is 0 Å². The van der Waals surface area contributed by atoms with Gasteiger partial charge in [-0.25, -0.2) is 0 Å². The van der Waals surface area contributed by atoms with Crippen LogP contribution < -0.4 is 4.74 Å². The van der Waals surface area contributed by atoms with Crippen molar-refractivity contribution >= 4 is 22.1 Å². The minimum atomic E-state index is -1.00. The fraction of sp³-hybridized carbons (Fsp3) is 0.348. The van der Waals surface area contributed by atoms with Gasteiger partial charge in [0.1, 0.15) is 11.5 Å². The molecule has 4 nitrogen and oxygen atoms in total. The van der Waals surface area contributed by atoms with Crippen molar-refractivity contribution < 1.29 is 14.9 Å². The first-order valence-electron chi connectivity index (χ1n) is 9.42. The van der Waals surface area contributed by atoms with Gasteiger partial charge in [-0.05, 0) is 67.3 Å². The van der Waals surface area contributed by atoms with Crippen LogP contribution >= 0.6 is 15.9 Å². The van der Waals surface area contributed by atoms with Gasteiger partial charge in [0.2, 0.25) is 0 Å². The Morgan fingerprint density at radius 3 is 2.29 bits per heavy atom. The number of halogens is 1. The molecule has 3 rings (SSSR count). The van der Waals surface area contributed by atoms with Crippen molar-refractivity contribution in [2.75, 3.05) is 6.61 Å². The first-order chi connectivity index (χ1) is 13.3. The molecular formula is C23H26BrNO3. The van der Waals surface area contributed by atoms with E-state index in [2.05, 4.69) is 33.9 Å². The molecule has 2 aromatic rings. The fourth-order valence-electron chi connectivity index (χ4n) is 3.79. The van der Waals surface area contributed by atoms with Gasteiger partial charge in [0.25, 0.3) is 0 Å². The Kier molecular flexibility index (Phi) is 5.96. The summed E-state index contributed by atoms with van der Waals surface area (Å²) in [7, 11) is 0. The summed E-state index contributed by atoms with van der Waals surface area (Å²) in [6, 6.07) is 10.9. The van der Waals surface area contributed by atoms with Gasteiger partial charge in [-0.15, -0.1) is 0 Å². The normalized spacial score (nSPS) is 20.3. The zero-order valence-electron chi connectivity index (χ0n) is 16.4. The van der Waals surface area contributed by atoms with Crippen LogP contribution in [0.1, 0.15) is 36.5 Å². The highest BCUT2D eigenvalue weighted by molar-refractivity contribution is 9.10. The topological polar surface area (TPSA) is 62.0 Å². The molecule has 1 aliphatic rings. The average molecular weight is 444 g/mol. The third kappa shape index (κ3) is 4.01. The second kappa shape index (κ2) is 8.10. The summed E-state index contributed by atoms with van der Waals surface area (Å²) >= 11 is 3.53. The van der Waals surface area contributed by atoms with Gasteiger partial charge in [0.05, 0.1) is 12.1 Å². The average Bonchev–Trinajstić information content (AvgIpc) is 3.13. The standard InChI is InChI=1S/C23H26BrNO3/c1-4-22(10-5-11-25-22)14-23(15-26,18-6-8-20(27)9-7-18)28-21-16(2)12-19(24)13-17(21)3/h5-13,26-27H,4,14-15H2,1-3H3. The maximum absolute atomic E-state index is 10.6. The highest BCUT2D eigenvalue weighted by Crippen LogP contribution is 2.42. The molecule has 0 bridgehead atoms. The Hall–Kier alpha value is -2.11. The van der Waals surface area contributed by atoms with Crippen LogP contribution in [-0.2, 0) is 5.60 Å². The van der Waals surface area contributed by atoms with E-state index in [1.807, 2.05) is 32.1 Å². The lowest BCUT2D eigenvalue weighted by Gasteiger charge is -2.39. The van der Waals surface area contributed by atoms with Crippen LogP contribution in [0.25, 0.3) is 0 Å². The molecule has 0 radical (unpaired) electrons. The van der Waals surface area contributed by atoms with Crippen LogP contribution in [-0.4, -0.2) is 28.6 Å². The van der Waals surface area contributed by atoms with E-state index in [9.17, 15) is 10.2 Å². The number of aromatic hydroxyl groups is 1. The summed E-state index contributed by atoms with van der Waals surface area (Å²) in [5.74, 6) is 0.929. The van der Waals surface area contributed by atoms with Gasteiger partial charge < -0.3 is 14.9 Å². The number of aliphatic hydroxyl groups is 1. The van der Waals surface area contributed by atoms with Gasteiger partial charge in [0, 0.05) is 17.1 Å². The molecule has 2 unspecified atom stereocenters. The molecule has 0 saturated heterocycles. The van der Waals surface area contributed by atoms with E-state index < -0.39 is 11.1 Å². The lowest BCUT2D eigenvalue weighted by Crippen LogP contribution is -2.44. The quantitative estimate of drug-likeness (QED) is 0.616. The van der Waals surface area contributed by atoms with E-state index in [0.717, 1.165) is 33.3 Å². The molecule has 28 heavy (non-hydrogen) atoms. The Morgan fingerprint density at radius 2 is 1.79 bits per heavy atom. The Labute approximate surface area is 174 Å². The number of rotatable bonds is 7. The molecule has 0 fully saturated rings. The number of ether oxygens (including phenoxy) is 1. The van der Waals surface area contributed by atoms with Crippen LogP contribution in [0.2, 0.25) is 0 Å². The second-order valence-electron chi connectivity index (χ2n) is 7.44. The number of hydrogen-bond acceptors (Lipinski definition) is 4. The van der Waals surface area contributed by atoms with Crippen molar-refractivity contribution in [3.8, 4) is 11.5 Å². The van der Waals surface area contributed by atoms with E-state index in [4.69, 9.17) is 4.74 Å². The van der Waals surface area contributed by atoms with Crippen molar-refractivity contribution in [1.29, 1.82) is 0 Å². The van der Waals surface area contributed by atoms with Crippen LogP contribution in [0.5, 0.6) is 11.5 Å². The van der Waals surface area contributed by atoms with Gasteiger partial charge in [-0.2, -0.15) is 0 Å². The third-order valence-electron chi connectivity index (χ3n) is 5.40. The largest absolute Gasteiger partial charge is 0.508 e. The molecule has 1 heterocycles. The SMILES string of the molecule is CCC1(CC(CO)(Oc2c(C)cc(Br)cc2C)c2ccc(O)cc2)C=CC=N1. The van der Waals surface area contributed by atoms with Gasteiger partial charge >= 0.3 is 0 Å². The van der Waals surface area contributed by atoms with Gasteiger partial charge in [0.15, 0.2) is 5.60 Å². The summed E-state index contributed by atoms with van der Waals surface area (Å²) in [4.78, 5) is 4.68. The molecule has 148 valence electrons. The number of nitrogens with zero attached hydrogens (tertiary/aromatic N) is 1. The zero-order chi connectivity index (χ0) is 20.4. The van der Waals surface area contributed by atoms with E-state index in [1.54, 1.807) is 30.5 Å². The van der Waals surface area contributed by atoms with Crippen molar-refractivity contribution in [2.45, 2.75) is 44.8 Å². The maximum Gasteiger partial charge on any atom is 0.159 e. The van der Waals surface area contributed by atoms with Gasteiger partial charge in [-0.1, -0.05) is 41.1 Å². The fourth-order valence-corrected chi connectivity index (χ4v) is 4.47. The van der Waals surface area contributed by atoms with E-state index in [-0.39, 0.29) is 12.4 Å². The predicted molar refractivity (Wildman–Crippen MR) is 116 cm³/mol. The lowest BCUT2D eigenvalue weighted by molar-refractivity contribution is -0.0155. The van der Waals surface area contributed by atoms with Crippen LogP contribution in [0, 0.1) is 13.8 Å². The second-order valence-corrected chi connectivity index (χ2v) is 8.36. The Bertz CT molecular complexity index is 870. The summed E-state index contributed by atoms with van der Waals surface area (Å²) < 4.78 is 7.61. The molecule has 1 aliphatic heterocycles. The number of hydrogen-bond donors (Lipinski definition) is 2. The number of phenolic OH excluding ortho intramolecular Hbond substituents is 1. The molecule has 0 aliphatic carbocycles. The minimum absolute atomic E-state index is 0.176. The molecule has 0 aromatic heterocycles. The zero-order valence-corrected chi connectivity index (χ0v) is 18.0. The predicted octanol–water partition coefficient (Wildman–Crippen LogP) is 5.22. The third-order valence-corrected chi connectivity index (χ3v) is 5.86. The molecular weight excluding hydrogens is 418 g/mol. The van der Waals surface area contributed by atoms with Gasteiger partial charge in [-0.3, -0.25) is 4.99 Å². The maximum atomic E-state index is 10.6. The number of phenols is 1. The van der Waals surface area contributed by atoms with Crippen molar-refractivity contribution in [1.82, 2.24) is 0 Å². The highest BCUT2D eigenvalue weighted by Gasteiger charge is 2.43. The molecule has 5 heteroatoms. The highest BCUT2D eigenvalue weighted by atomic mass is 79.9.